The zero-order valence-electron chi connectivity index (χ0n) is 25.6. The Balaban J connectivity index is 1.14. The average Bonchev–Trinajstić information content (AvgIpc) is 3.85. The molecule has 10 aromatic rings. The molecule has 0 unspecified atom stereocenters. The molecule has 0 N–H and O–H groups in total. The van der Waals surface area contributed by atoms with Crippen molar-refractivity contribution >= 4 is 92.1 Å². The van der Waals surface area contributed by atoms with Gasteiger partial charge in [-0.25, -0.2) is 4.98 Å². The van der Waals surface area contributed by atoms with E-state index in [9.17, 15) is 0 Å². The smallest absolute Gasteiger partial charge is 0.137 e. The fourth-order valence-corrected chi connectivity index (χ4v) is 8.94. The molecule has 0 fully saturated rings. The van der Waals surface area contributed by atoms with Gasteiger partial charge in [-0.15, -0.1) is 22.7 Å². The van der Waals surface area contributed by atoms with Crippen LogP contribution in [-0.2, 0) is 0 Å². The Morgan fingerprint density at radius 1 is 0.438 bits per heavy atom. The van der Waals surface area contributed by atoms with Crippen LogP contribution in [0.25, 0.3) is 74.0 Å². The molecule has 226 valence electrons. The number of fused-ring (bicyclic) bond motifs is 8. The van der Waals surface area contributed by atoms with E-state index < -0.39 is 0 Å². The van der Waals surface area contributed by atoms with Gasteiger partial charge in [0.2, 0.25) is 0 Å². The van der Waals surface area contributed by atoms with Crippen molar-refractivity contribution in [1.82, 2.24) is 4.98 Å². The first kappa shape index (κ1) is 27.4. The maximum absolute atomic E-state index is 6.35. The normalized spacial score (nSPS) is 11.8. The van der Waals surface area contributed by atoms with Gasteiger partial charge in [-0.3, -0.25) is 0 Å². The van der Waals surface area contributed by atoms with Gasteiger partial charge in [0.25, 0.3) is 0 Å². The molecule has 0 radical (unpaired) electrons. The van der Waals surface area contributed by atoms with Crippen LogP contribution in [0.2, 0.25) is 0 Å². The van der Waals surface area contributed by atoms with E-state index in [1.807, 2.05) is 23.5 Å². The van der Waals surface area contributed by atoms with Gasteiger partial charge < -0.3 is 9.32 Å². The van der Waals surface area contributed by atoms with E-state index >= 15 is 0 Å². The van der Waals surface area contributed by atoms with Crippen LogP contribution in [0.5, 0.6) is 0 Å². The lowest BCUT2D eigenvalue weighted by molar-refractivity contribution is 0.669. The third kappa shape index (κ3) is 4.43. The molecule has 5 heteroatoms. The summed E-state index contributed by atoms with van der Waals surface area (Å²) in [4.78, 5) is 7.50. The molecular weight excluding hydrogens is 625 g/mol. The van der Waals surface area contributed by atoms with Gasteiger partial charge in [0.05, 0.1) is 10.2 Å². The summed E-state index contributed by atoms with van der Waals surface area (Å²) < 4.78 is 10.0. The average molecular weight is 651 g/mol. The fraction of sp³-hybridized carbons (Fsp3) is 0. The molecule has 0 saturated carbocycles. The molecule has 3 nitrogen and oxygen atoms in total. The van der Waals surface area contributed by atoms with Gasteiger partial charge in [0.1, 0.15) is 16.2 Å². The highest BCUT2D eigenvalue weighted by Crippen LogP contribution is 2.45. The minimum Gasteiger partial charge on any atom is -0.456 e. The summed E-state index contributed by atoms with van der Waals surface area (Å²) in [6.45, 7) is 0. The Labute approximate surface area is 284 Å². The highest BCUT2D eigenvalue weighted by Gasteiger charge is 2.19. The Bertz CT molecular complexity index is 2780. The lowest BCUT2D eigenvalue weighted by Crippen LogP contribution is -2.09. The standard InChI is InChI=1S/C43H26N2OS2/c1-3-9-27(10-4-1)28-15-17-30(18-16-28)45(31-19-21-34-33-13-7-8-14-36(33)46-37(34)25-31)32-20-22-35-40(26-32)47-38-23-24-39-42(41(35)38)44-43(48-39)29-11-5-2-6-12-29/h1-26H. The number of furan rings is 1. The number of rotatable bonds is 5. The summed E-state index contributed by atoms with van der Waals surface area (Å²) in [5, 5.41) is 5.78. The van der Waals surface area contributed by atoms with E-state index in [2.05, 4.69) is 150 Å². The Kier molecular flexibility index (Phi) is 6.22. The van der Waals surface area contributed by atoms with Crippen molar-refractivity contribution in [3.05, 3.63) is 158 Å². The van der Waals surface area contributed by atoms with Crippen molar-refractivity contribution in [2.45, 2.75) is 0 Å². The molecule has 0 aliphatic heterocycles. The van der Waals surface area contributed by atoms with Gasteiger partial charge in [-0.05, 0) is 65.7 Å². The largest absolute Gasteiger partial charge is 0.456 e. The van der Waals surface area contributed by atoms with Crippen LogP contribution in [-0.4, -0.2) is 4.98 Å². The molecule has 0 bridgehead atoms. The van der Waals surface area contributed by atoms with Crippen molar-refractivity contribution in [3.8, 4) is 21.7 Å². The highest BCUT2D eigenvalue weighted by atomic mass is 32.1. The summed E-state index contributed by atoms with van der Waals surface area (Å²) in [6, 6.07) is 55.9. The summed E-state index contributed by atoms with van der Waals surface area (Å²) >= 11 is 3.59. The number of thiophene rings is 1. The van der Waals surface area contributed by atoms with Crippen LogP contribution in [0.15, 0.2) is 162 Å². The first-order valence-corrected chi connectivity index (χ1v) is 17.6. The van der Waals surface area contributed by atoms with E-state index in [-0.39, 0.29) is 0 Å². The first-order chi connectivity index (χ1) is 23.8. The minimum absolute atomic E-state index is 0.877. The molecule has 0 amide bonds. The molecule has 10 rings (SSSR count). The summed E-state index contributed by atoms with van der Waals surface area (Å²) in [7, 11) is 0. The van der Waals surface area contributed by atoms with E-state index in [4.69, 9.17) is 9.40 Å². The number of para-hydroxylation sites is 1. The minimum atomic E-state index is 0.877. The van der Waals surface area contributed by atoms with Crippen molar-refractivity contribution in [1.29, 1.82) is 0 Å². The number of aromatic nitrogens is 1. The maximum Gasteiger partial charge on any atom is 0.137 e. The van der Waals surface area contributed by atoms with E-state index in [0.717, 1.165) is 55.1 Å². The molecule has 3 aromatic heterocycles. The van der Waals surface area contributed by atoms with Crippen LogP contribution in [0.3, 0.4) is 0 Å². The lowest BCUT2D eigenvalue weighted by Gasteiger charge is -2.26. The number of anilines is 3. The van der Waals surface area contributed by atoms with E-state index in [0.29, 0.717) is 0 Å². The van der Waals surface area contributed by atoms with Crippen LogP contribution < -0.4 is 4.90 Å². The van der Waals surface area contributed by atoms with Gasteiger partial charge in [-0.2, -0.15) is 0 Å². The second-order valence-electron chi connectivity index (χ2n) is 12.0. The molecule has 0 aliphatic carbocycles. The summed E-state index contributed by atoms with van der Waals surface area (Å²) in [5.41, 5.74) is 9.63. The van der Waals surface area contributed by atoms with Crippen molar-refractivity contribution < 1.29 is 4.42 Å². The van der Waals surface area contributed by atoms with Crippen LogP contribution in [0.1, 0.15) is 0 Å². The van der Waals surface area contributed by atoms with E-state index in [1.165, 1.54) is 36.0 Å². The summed E-state index contributed by atoms with van der Waals surface area (Å²) in [5.74, 6) is 0. The predicted molar refractivity (Wildman–Crippen MR) is 205 cm³/mol. The molecule has 0 aliphatic rings. The number of thiazole rings is 1. The monoisotopic (exact) mass is 650 g/mol. The molecule has 48 heavy (non-hydrogen) atoms. The topological polar surface area (TPSA) is 29.3 Å². The van der Waals surface area contributed by atoms with Crippen LogP contribution >= 0.6 is 22.7 Å². The first-order valence-electron chi connectivity index (χ1n) is 15.9. The zero-order valence-corrected chi connectivity index (χ0v) is 27.3. The fourth-order valence-electron chi connectivity index (χ4n) is 6.82. The predicted octanol–water partition coefficient (Wildman–Crippen LogP) is 13.4. The Morgan fingerprint density at radius 2 is 1.06 bits per heavy atom. The molecule has 7 aromatic carbocycles. The van der Waals surface area contributed by atoms with Crippen LogP contribution in [0.4, 0.5) is 17.1 Å². The lowest BCUT2D eigenvalue weighted by atomic mass is 10.0. The van der Waals surface area contributed by atoms with Gasteiger partial charge in [0.15, 0.2) is 0 Å². The van der Waals surface area contributed by atoms with E-state index in [1.54, 1.807) is 11.3 Å². The maximum atomic E-state index is 6.35. The second-order valence-corrected chi connectivity index (χ2v) is 14.1. The molecule has 3 heterocycles. The zero-order chi connectivity index (χ0) is 31.6. The van der Waals surface area contributed by atoms with Crippen molar-refractivity contribution in [3.63, 3.8) is 0 Å². The number of hydrogen-bond donors (Lipinski definition) is 0. The SMILES string of the molecule is c1ccc(-c2ccc(N(c3ccc4c(c3)oc3ccccc34)c3ccc4c(c3)sc3ccc5sc(-c6ccccc6)nc5c34)cc2)cc1. The quantitative estimate of drug-likeness (QED) is 0.186. The van der Waals surface area contributed by atoms with Crippen molar-refractivity contribution in [2.24, 2.45) is 0 Å². The molecule has 0 atom stereocenters. The van der Waals surface area contributed by atoms with Gasteiger partial charge >= 0.3 is 0 Å². The Hall–Kier alpha value is -5.75. The third-order valence-electron chi connectivity index (χ3n) is 9.11. The van der Waals surface area contributed by atoms with Crippen molar-refractivity contribution in [2.75, 3.05) is 4.90 Å². The molecule has 0 saturated heterocycles. The molecular formula is C43H26N2OS2. The van der Waals surface area contributed by atoms with Crippen LogP contribution in [0, 0.1) is 0 Å². The second kappa shape index (κ2) is 10.9. The van der Waals surface area contributed by atoms with Gasteiger partial charge in [0, 0.05) is 59.6 Å². The number of hydrogen-bond acceptors (Lipinski definition) is 5. The third-order valence-corrected chi connectivity index (χ3v) is 11.3. The van der Waals surface area contributed by atoms with Gasteiger partial charge in [-0.1, -0.05) is 97.1 Å². The number of nitrogens with zero attached hydrogens (tertiary/aromatic N) is 2. The molecule has 0 spiro atoms. The highest BCUT2D eigenvalue weighted by molar-refractivity contribution is 7.26. The Morgan fingerprint density at radius 3 is 1.88 bits per heavy atom. The number of benzene rings is 7. The summed E-state index contributed by atoms with van der Waals surface area (Å²) in [6.07, 6.45) is 0.